The van der Waals surface area contributed by atoms with Crippen molar-refractivity contribution < 1.29 is 5.11 Å². The van der Waals surface area contributed by atoms with Crippen molar-refractivity contribution in [3.63, 3.8) is 0 Å². The summed E-state index contributed by atoms with van der Waals surface area (Å²) >= 11 is 1.61. The predicted molar refractivity (Wildman–Crippen MR) is 83.1 cm³/mol. The lowest BCUT2D eigenvalue weighted by molar-refractivity contribution is 0.171. The molecule has 2 heterocycles. The molecule has 2 rings (SSSR count). The SMILES string of the molecule is CCn1nc(C)c(C(C)NCC(O)c2ccsc2)c1C. The minimum Gasteiger partial charge on any atom is -0.387 e. The van der Waals surface area contributed by atoms with E-state index in [9.17, 15) is 5.11 Å². The molecule has 0 aliphatic rings. The number of aryl methyl sites for hydroxylation is 2. The van der Waals surface area contributed by atoms with E-state index in [-0.39, 0.29) is 6.04 Å². The lowest BCUT2D eigenvalue weighted by Gasteiger charge is -2.17. The van der Waals surface area contributed by atoms with Crippen LogP contribution in [-0.2, 0) is 6.54 Å². The molecule has 0 amide bonds. The molecule has 2 aromatic heterocycles. The van der Waals surface area contributed by atoms with Gasteiger partial charge in [0.15, 0.2) is 0 Å². The Balaban J connectivity index is 2.02. The maximum Gasteiger partial charge on any atom is 0.0922 e. The van der Waals surface area contributed by atoms with Crippen LogP contribution < -0.4 is 5.32 Å². The molecule has 0 spiro atoms. The summed E-state index contributed by atoms with van der Waals surface area (Å²) in [6.45, 7) is 9.80. The average Bonchev–Trinajstić information content (AvgIpc) is 3.04. The van der Waals surface area contributed by atoms with Gasteiger partial charge in [0.2, 0.25) is 0 Å². The van der Waals surface area contributed by atoms with E-state index >= 15 is 0 Å². The topological polar surface area (TPSA) is 50.1 Å². The van der Waals surface area contributed by atoms with Gasteiger partial charge in [-0.2, -0.15) is 16.4 Å². The lowest BCUT2D eigenvalue weighted by Crippen LogP contribution is -2.25. The number of nitrogens with zero attached hydrogens (tertiary/aromatic N) is 2. The molecule has 0 saturated carbocycles. The quantitative estimate of drug-likeness (QED) is 0.861. The van der Waals surface area contributed by atoms with E-state index in [4.69, 9.17) is 0 Å². The zero-order valence-electron chi connectivity index (χ0n) is 12.6. The van der Waals surface area contributed by atoms with E-state index in [0.717, 1.165) is 17.8 Å². The van der Waals surface area contributed by atoms with E-state index in [2.05, 4.69) is 31.2 Å². The van der Waals surface area contributed by atoms with Crippen LogP contribution in [0.5, 0.6) is 0 Å². The highest BCUT2D eigenvalue weighted by atomic mass is 32.1. The molecule has 20 heavy (non-hydrogen) atoms. The predicted octanol–water partition coefficient (Wildman–Crippen LogP) is 2.97. The van der Waals surface area contributed by atoms with Crippen molar-refractivity contribution in [2.45, 2.75) is 46.4 Å². The Hall–Kier alpha value is -1.17. The monoisotopic (exact) mass is 293 g/mol. The molecule has 0 saturated heterocycles. The van der Waals surface area contributed by atoms with Crippen LogP contribution in [0, 0.1) is 13.8 Å². The van der Waals surface area contributed by atoms with Gasteiger partial charge in [-0.1, -0.05) is 0 Å². The Bertz CT molecular complexity index is 548. The van der Waals surface area contributed by atoms with Gasteiger partial charge in [0.1, 0.15) is 0 Å². The second kappa shape index (κ2) is 6.52. The summed E-state index contributed by atoms with van der Waals surface area (Å²) in [7, 11) is 0. The summed E-state index contributed by atoms with van der Waals surface area (Å²) < 4.78 is 2.03. The highest BCUT2D eigenvalue weighted by Gasteiger charge is 2.18. The van der Waals surface area contributed by atoms with Crippen LogP contribution >= 0.6 is 11.3 Å². The van der Waals surface area contributed by atoms with Crippen molar-refractivity contribution in [1.82, 2.24) is 15.1 Å². The molecule has 0 aromatic carbocycles. The molecule has 5 heteroatoms. The third kappa shape index (κ3) is 3.11. The molecular formula is C15H23N3OS. The van der Waals surface area contributed by atoms with Gasteiger partial charge in [-0.3, -0.25) is 4.68 Å². The first kappa shape index (κ1) is 15.2. The van der Waals surface area contributed by atoms with Crippen molar-refractivity contribution in [3.05, 3.63) is 39.3 Å². The van der Waals surface area contributed by atoms with Crippen molar-refractivity contribution >= 4 is 11.3 Å². The van der Waals surface area contributed by atoms with Crippen molar-refractivity contribution in [2.75, 3.05) is 6.54 Å². The number of thiophene rings is 1. The largest absolute Gasteiger partial charge is 0.387 e. The fraction of sp³-hybridized carbons (Fsp3) is 0.533. The summed E-state index contributed by atoms with van der Waals surface area (Å²) in [5.41, 5.74) is 4.49. The first-order valence-corrected chi connectivity index (χ1v) is 7.96. The molecule has 0 aliphatic heterocycles. The average molecular weight is 293 g/mol. The minimum absolute atomic E-state index is 0.184. The maximum absolute atomic E-state index is 10.1. The van der Waals surface area contributed by atoms with Gasteiger partial charge in [-0.05, 0) is 50.1 Å². The molecule has 0 radical (unpaired) electrons. The van der Waals surface area contributed by atoms with E-state index in [0.29, 0.717) is 6.54 Å². The van der Waals surface area contributed by atoms with E-state index in [1.807, 2.05) is 28.4 Å². The first-order valence-electron chi connectivity index (χ1n) is 7.02. The fourth-order valence-electron chi connectivity index (χ4n) is 2.62. The Kier molecular flexibility index (Phi) is 4.96. The number of aliphatic hydroxyl groups is 1. The molecule has 4 nitrogen and oxygen atoms in total. The van der Waals surface area contributed by atoms with Gasteiger partial charge >= 0.3 is 0 Å². The number of rotatable bonds is 6. The Morgan fingerprint density at radius 3 is 2.75 bits per heavy atom. The van der Waals surface area contributed by atoms with Gasteiger partial charge in [-0.15, -0.1) is 0 Å². The third-order valence-corrected chi connectivity index (χ3v) is 4.42. The van der Waals surface area contributed by atoms with Gasteiger partial charge in [0.25, 0.3) is 0 Å². The number of aromatic nitrogens is 2. The standard InChI is InChI=1S/C15H23N3OS/c1-5-18-12(4)15(11(3)17-18)10(2)16-8-14(19)13-6-7-20-9-13/h6-7,9-10,14,16,19H,5,8H2,1-4H3. The van der Waals surface area contributed by atoms with Gasteiger partial charge in [0, 0.05) is 30.4 Å². The molecule has 0 aliphatic carbocycles. The second-order valence-corrected chi connectivity index (χ2v) is 5.88. The zero-order valence-corrected chi connectivity index (χ0v) is 13.4. The summed E-state index contributed by atoms with van der Waals surface area (Å²) in [6, 6.07) is 2.15. The van der Waals surface area contributed by atoms with Gasteiger partial charge in [0.05, 0.1) is 11.8 Å². The van der Waals surface area contributed by atoms with Crippen molar-refractivity contribution in [2.24, 2.45) is 0 Å². The zero-order chi connectivity index (χ0) is 14.7. The number of nitrogens with one attached hydrogen (secondary N) is 1. The van der Waals surface area contributed by atoms with Crippen LogP contribution in [0.4, 0.5) is 0 Å². The molecule has 2 atom stereocenters. The highest BCUT2D eigenvalue weighted by molar-refractivity contribution is 7.07. The van der Waals surface area contributed by atoms with Crippen LogP contribution in [0.1, 0.15) is 48.5 Å². The summed E-state index contributed by atoms with van der Waals surface area (Å²) in [5.74, 6) is 0. The number of hydrogen-bond acceptors (Lipinski definition) is 4. The maximum atomic E-state index is 10.1. The minimum atomic E-state index is -0.453. The van der Waals surface area contributed by atoms with Crippen LogP contribution in [0.3, 0.4) is 0 Å². The Labute approximate surface area is 124 Å². The van der Waals surface area contributed by atoms with Crippen LogP contribution in [-0.4, -0.2) is 21.4 Å². The summed E-state index contributed by atoms with van der Waals surface area (Å²) in [6.07, 6.45) is -0.453. The fourth-order valence-corrected chi connectivity index (χ4v) is 3.33. The second-order valence-electron chi connectivity index (χ2n) is 5.10. The molecule has 110 valence electrons. The Morgan fingerprint density at radius 2 is 2.20 bits per heavy atom. The molecule has 2 aromatic rings. The smallest absolute Gasteiger partial charge is 0.0922 e. The molecule has 0 bridgehead atoms. The third-order valence-electron chi connectivity index (χ3n) is 3.72. The van der Waals surface area contributed by atoms with Gasteiger partial charge < -0.3 is 10.4 Å². The van der Waals surface area contributed by atoms with E-state index in [1.54, 1.807) is 11.3 Å². The highest BCUT2D eigenvalue weighted by Crippen LogP contribution is 2.22. The van der Waals surface area contributed by atoms with Gasteiger partial charge in [-0.25, -0.2) is 0 Å². The van der Waals surface area contributed by atoms with Crippen LogP contribution in [0.25, 0.3) is 0 Å². The Morgan fingerprint density at radius 1 is 1.45 bits per heavy atom. The summed E-state index contributed by atoms with van der Waals surface area (Å²) in [5, 5.41) is 22.0. The number of aliphatic hydroxyl groups excluding tert-OH is 1. The normalized spacial score (nSPS) is 14.4. The lowest BCUT2D eigenvalue weighted by atomic mass is 10.1. The van der Waals surface area contributed by atoms with E-state index < -0.39 is 6.10 Å². The number of hydrogen-bond donors (Lipinski definition) is 2. The molecule has 0 fully saturated rings. The molecule has 2 unspecified atom stereocenters. The first-order chi connectivity index (χ1) is 9.54. The molecular weight excluding hydrogens is 270 g/mol. The van der Waals surface area contributed by atoms with Crippen LogP contribution in [0.15, 0.2) is 16.8 Å². The van der Waals surface area contributed by atoms with Crippen LogP contribution in [0.2, 0.25) is 0 Å². The summed E-state index contributed by atoms with van der Waals surface area (Å²) in [4.78, 5) is 0. The van der Waals surface area contributed by atoms with E-state index in [1.165, 1.54) is 11.3 Å². The van der Waals surface area contributed by atoms with Crippen molar-refractivity contribution in [3.8, 4) is 0 Å². The molecule has 2 N–H and O–H groups in total. The van der Waals surface area contributed by atoms with Crippen molar-refractivity contribution in [1.29, 1.82) is 0 Å².